The number of fused-ring (bicyclic) bond motifs is 3. The second-order valence-electron chi connectivity index (χ2n) is 12.9. The number of phenols is 1. The molecular formula is C33H40N6O8. The van der Waals surface area contributed by atoms with Crippen LogP contribution in [0.5, 0.6) is 5.75 Å². The van der Waals surface area contributed by atoms with Crippen LogP contribution in [0.2, 0.25) is 0 Å². The van der Waals surface area contributed by atoms with Crippen molar-refractivity contribution in [2.45, 2.75) is 31.0 Å². The zero-order valence-electron chi connectivity index (χ0n) is 27.1. The maximum Gasteiger partial charge on any atom is 0.319 e. The van der Waals surface area contributed by atoms with Gasteiger partial charge in [-0.25, -0.2) is 4.79 Å². The maximum atomic E-state index is 14.1. The Morgan fingerprint density at radius 1 is 1.00 bits per heavy atom. The third kappa shape index (κ3) is 5.32. The highest BCUT2D eigenvalue weighted by Crippen LogP contribution is 2.54. The molecule has 0 heterocycles. The number of Topliss-reactive ketones (excluding diaryl/α,β-unsaturated/α-hetero) is 2. The molecule has 0 aliphatic heterocycles. The van der Waals surface area contributed by atoms with E-state index in [1.807, 2.05) is 31.1 Å². The first-order chi connectivity index (χ1) is 22.0. The molecule has 3 aliphatic rings. The lowest BCUT2D eigenvalue weighted by Crippen LogP contribution is -2.65. The van der Waals surface area contributed by atoms with Crippen molar-refractivity contribution in [3.63, 3.8) is 0 Å². The van der Waals surface area contributed by atoms with E-state index in [0.717, 1.165) is 5.69 Å². The van der Waals surface area contributed by atoms with E-state index >= 15 is 0 Å². The van der Waals surface area contributed by atoms with Crippen molar-refractivity contribution in [1.29, 1.82) is 0 Å². The molecule has 47 heavy (non-hydrogen) atoms. The van der Waals surface area contributed by atoms with Gasteiger partial charge in [-0.3, -0.25) is 19.3 Å². The van der Waals surface area contributed by atoms with Crippen molar-refractivity contribution in [2.75, 3.05) is 57.4 Å². The van der Waals surface area contributed by atoms with Crippen LogP contribution in [0.1, 0.15) is 23.1 Å². The Morgan fingerprint density at radius 3 is 2.19 bits per heavy atom. The number of aliphatic hydroxyl groups is 3. The summed E-state index contributed by atoms with van der Waals surface area (Å²) in [5.74, 6) is -7.20. The molecule has 8 N–H and O–H groups in total. The summed E-state index contributed by atoms with van der Waals surface area (Å²) in [6, 6.07) is 7.16. The van der Waals surface area contributed by atoms with E-state index in [1.165, 1.54) is 4.90 Å². The van der Waals surface area contributed by atoms with E-state index in [9.17, 15) is 39.6 Å². The summed E-state index contributed by atoms with van der Waals surface area (Å²) in [6.07, 6.45) is 0.130. The summed E-state index contributed by atoms with van der Waals surface area (Å²) < 4.78 is 0. The summed E-state index contributed by atoms with van der Waals surface area (Å²) in [7, 11) is 10.4. The molecule has 5 rings (SSSR count). The van der Waals surface area contributed by atoms with Crippen molar-refractivity contribution in [3.8, 4) is 5.75 Å². The Kier molecular flexibility index (Phi) is 8.45. The quantitative estimate of drug-likeness (QED) is 0.214. The number of aliphatic hydroxyl groups excluding tert-OH is 2. The molecule has 0 aromatic heterocycles. The molecule has 3 amide bonds. The lowest BCUT2D eigenvalue weighted by molar-refractivity contribution is -0.153. The molecule has 2 aromatic carbocycles. The van der Waals surface area contributed by atoms with Gasteiger partial charge < -0.3 is 46.6 Å². The van der Waals surface area contributed by atoms with Gasteiger partial charge in [-0.1, -0.05) is 0 Å². The molecule has 4 atom stereocenters. The topological polar surface area (TPSA) is 209 Å². The number of benzene rings is 2. The van der Waals surface area contributed by atoms with Crippen LogP contribution in [0.4, 0.5) is 21.9 Å². The average Bonchev–Trinajstić information content (AvgIpc) is 2.98. The number of nitrogens with zero attached hydrogens (tertiary/aromatic N) is 3. The molecule has 0 saturated heterocycles. The first kappa shape index (κ1) is 33.3. The SMILES string of the molecule is CN(C)c1ccc(NC(=O)NCc2cc(N(C)C)c3c(c2O)C(O)=C2C(=O)[C@]4(O)C(O)=C(C(N)=O)C(=O)[C@@H](N(C)C)C4CC2C3)cc1. The van der Waals surface area contributed by atoms with E-state index in [1.54, 1.807) is 51.3 Å². The summed E-state index contributed by atoms with van der Waals surface area (Å²) in [4.78, 5) is 57.6. The predicted octanol–water partition coefficient (Wildman–Crippen LogP) is 1.42. The van der Waals surface area contributed by atoms with Crippen LogP contribution in [0.3, 0.4) is 0 Å². The van der Waals surface area contributed by atoms with E-state index in [-0.39, 0.29) is 41.8 Å². The van der Waals surface area contributed by atoms with Gasteiger partial charge in [-0.15, -0.1) is 0 Å². The number of amides is 3. The summed E-state index contributed by atoms with van der Waals surface area (Å²) >= 11 is 0. The first-order valence-corrected chi connectivity index (χ1v) is 15.0. The van der Waals surface area contributed by atoms with Gasteiger partial charge in [0.1, 0.15) is 22.8 Å². The molecule has 3 aliphatic carbocycles. The number of likely N-dealkylation sites (N-methyl/N-ethyl adjacent to an activating group) is 1. The lowest BCUT2D eigenvalue weighted by atomic mass is 9.57. The Bertz CT molecular complexity index is 1750. The Balaban J connectivity index is 1.53. The van der Waals surface area contributed by atoms with Gasteiger partial charge in [0.05, 0.1) is 11.6 Å². The average molecular weight is 649 g/mol. The second-order valence-corrected chi connectivity index (χ2v) is 12.9. The van der Waals surface area contributed by atoms with Crippen LogP contribution in [0, 0.1) is 11.8 Å². The molecule has 0 spiro atoms. The van der Waals surface area contributed by atoms with Crippen LogP contribution in [0.15, 0.2) is 47.2 Å². The number of hydrogen-bond acceptors (Lipinski definition) is 11. The fourth-order valence-electron chi connectivity index (χ4n) is 7.07. The molecular weight excluding hydrogens is 608 g/mol. The number of carbonyl (C=O) groups is 4. The smallest absolute Gasteiger partial charge is 0.319 e. The van der Waals surface area contributed by atoms with Crippen LogP contribution in [0.25, 0.3) is 5.76 Å². The molecule has 14 heteroatoms. The van der Waals surface area contributed by atoms with E-state index in [2.05, 4.69) is 10.6 Å². The third-order valence-corrected chi connectivity index (χ3v) is 9.34. The van der Waals surface area contributed by atoms with E-state index < -0.39 is 64.1 Å². The molecule has 2 aromatic rings. The number of anilines is 3. The van der Waals surface area contributed by atoms with E-state index in [4.69, 9.17) is 5.73 Å². The molecule has 250 valence electrons. The number of rotatable bonds is 7. The number of nitrogens with one attached hydrogen (secondary N) is 2. The minimum Gasteiger partial charge on any atom is -0.508 e. The predicted molar refractivity (Wildman–Crippen MR) is 175 cm³/mol. The van der Waals surface area contributed by atoms with Gasteiger partial charge in [-0.05, 0) is 68.8 Å². The summed E-state index contributed by atoms with van der Waals surface area (Å²) in [5, 5.41) is 51.4. The van der Waals surface area contributed by atoms with Gasteiger partial charge in [0, 0.05) is 68.9 Å². The fourth-order valence-corrected chi connectivity index (χ4v) is 7.07. The van der Waals surface area contributed by atoms with Crippen molar-refractivity contribution < 1.29 is 39.6 Å². The molecule has 0 bridgehead atoms. The number of carbonyl (C=O) groups excluding carboxylic acids is 4. The number of nitrogens with two attached hydrogens (primary N) is 1. The molecule has 14 nitrogen and oxygen atoms in total. The summed E-state index contributed by atoms with van der Waals surface area (Å²) in [5.41, 5.74) is 4.37. The van der Waals surface area contributed by atoms with Crippen LogP contribution in [-0.4, -0.2) is 103 Å². The highest BCUT2D eigenvalue weighted by Gasteiger charge is 2.64. The van der Waals surface area contributed by atoms with Gasteiger partial charge in [-0.2, -0.15) is 0 Å². The van der Waals surface area contributed by atoms with Gasteiger partial charge in [0.25, 0.3) is 5.91 Å². The van der Waals surface area contributed by atoms with Gasteiger partial charge >= 0.3 is 6.03 Å². The fraction of sp³-hybridized carbons (Fsp3) is 0.394. The van der Waals surface area contributed by atoms with Crippen LogP contribution >= 0.6 is 0 Å². The number of primary amides is 1. The minimum absolute atomic E-state index is 0.0155. The largest absolute Gasteiger partial charge is 0.508 e. The number of urea groups is 1. The summed E-state index contributed by atoms with van der Waals surface area (Å²) in [6.45, 7) is -0.147. The Labute approximate surface area is 271 Å². The zero-order chi connectivity index (χ0) is 34.7. The van der Waals surface area contributed by atoms with Gasteiger partial charge in [0.2, 0.25) is 5.78 Å². The molecule has 1 fully saturated rings. The second kappa shape index (κ2) is 11.9. The minimum atomic E-state index is -2.73. The zero-order valence-corrected chi connectivity index (χ0v) is 27.1. The first-order valence-electron chi connectivity index (χ1n) is 15.0. The van der Waals surface area contributed by atoms with E-state index in [0.29, 0.717) is 16.9 Å². The van der Waals surface area contributed by atoms with Crippen molar-refractivity contribution in [2.24, 2.45) is 17.6 Å². The van der Waals surface area contributed by atoms with Crippen LogP contribution < -0.4 is 26.2 Å². The molecule has 1 saturated carbocycles. The number of ketones is 2. The monoisotopic (exact) mass is 648 g/mol. The van der Waals surface area contributed by atoms with Crippen LogP contribution in [-0.2, 0) is 27.3 Å². The standard InChI is InChI=1S/C33H40N6O8/c1-37(2)18-9-7-17(8-10-18)36-32(46)35-14-16-13-21(38(3)4)19-11-15-12-20-25(39(5)6)28(42)24(31(34)45)30(44)33(20,47)29(43)22(15)27(41)23(19)26(16)40/h7-10,13,15,20,25,40-41,44,47H,11-12,14H2,1-6H3,(H2,34,45)(H2,35,36,46)/t15?,20?,25-,33-/m0/s1. The van der Waals surface area contributed by atoms with Crippen molar-refractivity contribution in [1.82, 2.24) is 10.2 Å². The van der Waals surface area contributed by atoms with Crippen molar-refractivity contribution in [3.05, 3.63) is 63.9 Å². The number of phenolic OH excluding ortho intramolecular Hbond substituents is 1. The van der Waals surface area contributed by atoms with Gasteiger partial charge in [0.15, 0.2) is 11.4 Å². The molecule has 2 unspecified atom stereocenters. The highest BCUT2D eigenvalue weighted by atomic mass is 16.3. The van der Waals surface area contributed by atoms with Crippen molar-refractivity contribution >= 4 is 46.3 Å². The lowest BCUT2D eigenvalue weighted by Gasteiger charge is -2.50. The number of hydrogen-bond donors (Lipinski definition) is 7. The Hall–Kier alpha value is -5.08. The highest BCUT2D eigenvalue weighted by molar-refractivity contribution is 6.24. The third-order valence-electron chi connectivity index (χ3n) is 9.34. The number of aromatic hydroxyl groups is 1. The molecule has 0 radical (unpaired) electrons. The maximum absolute atomic E-state index is 14.1. The normalized spacial score (nSPS) is 23.6. The Morgan fingerprint density at radius 2 is 1.64 bits per heavy atom.